The van der Waals surface area contributed by atoms with Crippen molar-refractivity contribution in [2.75, 3.05) is 26.7 Å². The summed E-state index contributed by atoms with van der Waals surface area (Å²) in [4.78, 5) is 26.6. The van der Waals surface area contributed by atoms with Gasteiger partial charge in [0.1, 0.15) is 23.5 Å². The Morgan fingerprint density at radius 1 is 1.07 bits per heavy atom. The number of likely N-dealkylation sites (tertiary alicyclic amines) is 1. The minimum Gasteiger partial charge on any atom is -0.384 e. The topological polar surface area (TPSA) is 145 Å². The van der Waals surface area contributed by atoms with Crippen LogP contribution in [0, 0.1) is 17.1 Å². The van der Waals surface area contributed by atoms with Crippen molar-refractivity contribution >= 4 is 28.1 Å². The molecule has 234 valence electrons. The normalized spacial score (nSPS) is 15.8. The molecular formula is C33H40FN5O4S. The van der Waals surface area contributed by atoms with E-state index in [2.05, 4.69) is 14.9 Å². The van der Waals surface area contributed by atoms with Gasteiger partial charge >= 0.3 is 0 Å². The number of hydrogen-bond donors (Lipinski definition) is 4. The van der Waals surface area contributed by atoms with Gasteiger partial charge in [-0.05, 0) is 98.1 Å². The first-order valence-corrected chi connectivity index (χ1v) is 16.2. The second-order valence-electron chi connectivity index (χ2n) is 11.5. The zero-order chi connectivity index (χ0) is 31.7. The number of nitrogen functional groups attached to an aromatic ring is 1. The summed E-state index contributed by atoms with van der Waals surface area (Å²) in [6.45, 7) is 1.52. The number of nitrogens with one attached hydrogen (secondary N) is 3. The zero-order valence-corrected chi connectivity index (χ0v) is 25.7. The number of carbonyl (C=O) groups excluding carboxylic acids is 2. The van der Waals surface area contributed by atoms with E-state index < -0.39 is 21.4 Å². The quantitative estimate of drug-likeness (QED) is 0.122. The van der Waals surface area contributed by atoms with E-state index in [-0.39, 0.29) is 29.6 Å². The van der Waals surface area contributed by atoms with E-state index in [1.807, 2.05) is 0 Å². The van der Waals surface area contributed by atoms with Crippen molar-refractivity contribution < 1.29 is 22.4 Å². The van der Waals surface area contributed by atoms with Crippen LogP contribution >= 0.6 is 0 Å². The van der Waals surface area contributed by atoms with Crippen molar-refractivity contribution in [2.45, 2.75) is 49.0 Å². The Morgan fingerprint density at radius 2 is 1.75 bits per heavy atom. The Labute approximate surface area is 258 Å². The maximum absolute atomic E-state index is 13.9. The number of amidine groups is 1. The van der Waals surface area contributed by atoms with Crippen LogP contribution in [0.25, 0.3) is 11.1 Å². The summed E-state index contributed by atoms with van der Waals surface area (Å²) >= 11 is 0. The molecule has 0 aromatic heterocycles. The van der Waals surface area contributed by atoms with E-state index in [9.17, 15) is 22.4 Å². The van der Waals surface area contributed by atoms with Gasteiger partial charge in [-0.3, -0.25) is 10.2 Å². The number of aldehydes is 1. The molecule has 1 amide bonds. The lowest BCUT2D eigenvalue weighted by Gasteiger charge is -2.38. The van der Waals surface area contributed by atoms with Crippen LogP contribution in [0.1, 0.15) is 43.2 Å². The summed E-state index contributed by atoms with van der Waals surface area (Å²) in [6, 6.07) is 19.0. The molecule has 0 saturated carbocycles. The number of sulfonamides is 1. The van der Waals surface area contributed by atoms with Crippen LogP contribution in [0.2, 0.25) is 0 Å². The Balaban J connectivity index is 1.58. The van der Waals surface area contributed by atoms with Crippen molar-refractivity contribution in [2.24, 2.45) is 11.7 Å². The molecule has 5 N–H and O–H groups in total. The van der Waals surface area contributed by atoms with Gasteiger partial charge in [0.25, 0.3) is 0 Å². The number of halogens is 1. The van der Waals surface area contributed by atoms with E-state index in [1.54, 1.807) is 55.6 Å². The van der Waals surface area contributed by atoms with Gasteiger partial charge < -0.3 is 20.7 Å². The number of rotatable bonds is 14. The highest BCUT2D eigenvalue weighted by atomic mass is 32.2. The molecule has 0 aliphatic carbocycles. The lowest BCUT2D eigenvalue weighted by molar-refractivity contribution is -0.120. The number of nitrogens with two attached hydrogens (primary N) is 1. The fourth-order valence-corrected chi connectivity index (χ4v) is 7.16. The number of amides is 1. The number of piperidine rings is 1. The first kappa shape index (κ1) is 33.0. The Morgan fingerprint density at radius 3 is 2.41 bits per heavy atom. The third kappa shape index (κ3) is 8.81. The summed E-state index contributed by atoms with van der Waals surface area (Å²) in [5.41, 5.74) is 6.37. The first-order valence-electron chi connectivity index (χ1n) is 14.7. The Bertz CT molecular complexity index is 1590. The second-order valence-corrected chi connectivity index (χ2v) is 13.2. The molecule has 0 bridgehead atoms. The first-order chi connectivity index (χ1) is 21.0. The van der Waals surface area contributed by atoms with Gasteiger partial charge in [-0.1, -0.05) is 42.5 Å². The molecule has 1 saturated heterocycles. The standard InChI is InChI=1S/C33H40FN5O4S/c1-37-31(41)13-3-6-24-14-16-39(17-15-24)22-33(23-40,21-25-7-2-10-28(18-25)32(35)36)38-44(42,43)30-12-5-9-27(20-30)26-8-4-11-29(34)19-26/h2,4-5,7-12,18-20,23-24,38H,3,6,13-17,21-22H2,1H3,(H3,35,36)(H,37,41)/t33-/m1/s1. The molecule has 1 fully saturated rings. The van der Waals surface area contributed by atoms with Gasteiger partial charge in [0.15, 0.2) is 0 Å². The van der Waals surface area contributed by atoms with Gasteiger partial charge in [-0.15, -0.1) is 0 Å². The van der Waals surface area contributed by atoms with Crippen LogP contribution in [-0.2, 0) is 26.0 Å². The Kier molecular flexibility index (Phi) is 11.0. The molecule has 9 nitrogen and oxygen atoms in total. The van der Waals surface area contributed by atoms with E-state index >= 15 is 0 Å². The van der Waals surface area contributed by atoms with Gasteiger partial charge in [0.2, 0.25) is 15.9 Å². The third-order valence-electron chi connectivity index (χ3n) is 8.13. The van der Waals surface area contributed by atoms with Gasteiger partial charge in [-0.2, -0.15) is 4.72 Å². The summed E-state index contributed by atoms with van der Waals surface area (Å²) in [5, 5.41) is 10.5. The fourth-order valence-electron chi connectivity index (χ4n) is 5.79. The highest BCUT2D eigenvalue weighted by molar-refractivity contribution is 7.89. The molecule has 11 heteroatoms. The van der Waals surface area contributed by atoms with Crippen molar-refractivity contribution in [3.8, 4) is 11.1 Å². The second kappa shape index (κ2) is 14.7. The molecule has 1 atom stereocenters. The minimum atomic E-state index is -4.21. The summed E-state index contributed by atoms with van der Waals surface area (Å²) in [5.74, 6) is -0.0782. The highest BCUT2D eigenvalue weighted by Gasteiger charge is 2.38. The molecule has 0 spiro atoms. The van der Waals surface area contributed by atoms with Crippen molar-refractivity contribution in [1.82, 2.24) is 14.9 Å². The van der Waals surface area contributed by atoms with E-state index in [0.29, 0.717) is 54.0 Å². The van der Waals surface area contributed by atoms with Gasteiger partial charge in [0.05, 0.1) is 4.90 Å². The third-order valence-corrected chi connectivity index (χ3v) is 9.68. The molecule has 1 heterocycles. The van der Waals surface area contributed by atoms with Crippen LogP contribution in [0.4, 0.5) is 4.39 Å². The van der Waals surface area contributed by atoms with Crippen molar-refractivity contribution in [3.63, 3.8) is 0 Å². The maximum Gasteiger partial charge on any atom is 0.241 e. The number of hydrogen-bond acceptors (Lipinski definition) is 6. The van der Waals surface area contributed by atoms with Crippen LogP contribution < -0.4 is 15.8 Å². The lowest BCUT2D eigenvalue weighted by Crippen LogP contribution is -2.59. The smallest absolute Gasteiger partial charge is 0.241 e. The number of benzene rings is 3. The molecule has 0 radical (unpaired) electrons. The summed E-state index contributed by atoms with van der Waals surface area (Å²) in [6.07, 6.45) is 4.71. The predicted octanol–water partition coefficient (Wildman–Crippen LogP) is 3.86. The fraction of sp³-hybridized carbons (Fsp3) is 0.364. The minimum absolute atomic E-state index is 0.0285. The molecule has 1 aliphatic heterocycles. The molecule has 3 aromatic carbocycles. The summed E-state index contributed by atoms with van der Waals surface area (Å²) < 4.78 is 44.3. The number of nitrogens with zero attached hydrogens (tertiary/aromatic N) is 1. The summed E-state index contributed by atoms with van der Waals surface area (Å²) in [7, 11) is -2.58. The van der Waals surface area contributed by atoms with Crippen molar-refractivity contribution in [3.05, 3.63) is 89.7 Å². The van der Waals surface area contributed by atoms with Gasteiger partial charge in [-0.25, -0.2) is 12.8 Å². The van der Waals surface area contributed by atoms with Crippen LogP contribution in [0.3, 0.4) is 0 Å². The molecule has 44 heavy (non-hydrogen) atoms. The van der Waals surface area contributed by atoms with Gasteiger partial charge in [0, 0.05) is 25.6 Å². The predicted molar refractivity (Wildman–Crippen MR) is 169 cm³/mol. The zero-order valence-electron chi connectivity index (χ0n) is 24.9. The van der Waals surface area contributed by atoms with E-state index in [0.717, 1.165) is 25.7 Å². The molecule has 1 aliphatic rings. The number of carbonyl (C=O) groups is 2. The average molecular weight is 622 g/mol. The van der Waals surface area contributed by atoms with Crippen LogP contribution in [0.5, 0.6) is 0 Å². The molecule has 0 unspecified atom stereocenters. The molecular weight excluding hydrogens is 581 g/mol. The van der Waals surface area contributed by atoms with E-state index in [4.69, 9.17) is 11.1 Å². The monoisotopic (exact) mass is 621 g/mol. The van der Waals surface area contributed by atoms with Crippen LogP contribution in [0.15, 0.2) is 77.7 Å². The SMILES string of the molecule is CNC(=O)CCCC1CCN(C[C@@](C=O)(Cc2cccc(C(=N)N)c2)NS(=O)(=O)c2cccc(-c3cccc(F)c3)c2)CC1. The molecule has 4 rings (SSSR count). The average Bonchev–Trinajstić information content (AvgIpc) is 3.01. The molecule has 3 aromatic rings. The highest BCUT2D eigenvalue weighted by Crippen LogP contribution is 2.27. The van der Waals surface area contributed by atoms with Crippen LogP contribution in [-0.4, -0.2) is 63.6 Å². The van der Waals surface area contributed by atoms with Crippen molar-refractivity contribution in [1.29, 1.82) is 5.41 Å². The van der Waals surface area contributed by atoms with E-state index in [1.165, 1.54) is 24.3 Å². The largest absolute Gasteiger partial charge is 0.384 e. The lowest BCUT2D eigenvalue weighted by atomic mass is 9.88. The maximum atomic E-state index is 13.9. The Hall–Kier alpha value is -3.93.